The van der Waals surface area contributed by atoms with E-state index in [0.717, 1.165) is 49.9 Å². The van der Waals surface area contributed by atoms with Crippen LogP contribution in [-0.2, 0) is 11.3 Å². The van der Waals surface area contributed by atoms with Crippen LogP contribution >= 0.6 is 11.6 Å². The zero-order valence-electron chi connectivity index (χ0n) is 13.2. The van der Waals surface area contributed by atoms with Gasteiger partial charge in [-0.3, -0.25) is 9.48 Å². The van der Waals surface area contributed by atoms with E-state index in [1.54, 1.807) is 10.8 Å². The second-order valence-corrected chi connectivity index (χ2v) is 6.35. The number of nitrogens with zero attached hydrogens (tertiary/aromatic N) is 2. The zero-order valence-corrected chi connectivity index (χ0v) is 14.0. The van der Waals surface area contributed by atoms with Crippen molar-refractivity contribution in [2.24, 2.45) is 0 Å². The van der Waals surface area contributed by atoms with E-state index in [9.17, 15) is 9.90 Å². The molecule has 1 aliphatic carbocycles. The summed E-state index contributed by atoms with van der Waals surface area (Å²) in [6.45, 7) is 5.08. The molecular weight excluding hydrogens is 302 g/mol. The first-order valence-corrected chi connectivity index (χ1v) is 8.24. The quantitative estimate of drug-likeness (QED) is 0.757. The monoisotopic (exact) mass is 325 g/mol. The number of carbonyl (C=O) groups excluding carboxylic acids is 1. The molecular formula is C16H24ClN3O2. The summed E-state index contributed by atoms with van der Waals surface area (Å²) in [5.41, 5.74) is 0.875. The minimum atomic E-state index is -0.706. The van der Waals surface area contributed by atoms with E-state index in [0.29, 0.717) is 11.7 Å². The van der Waals surface area contributed by atoms with Gasteiger partial charge >= 0.3 is 0 Å². The molecule has 1 amide bonds. The lowest BCUT2D eigenvalue weighted by molar-refractivity contribution is -0.118. The molecule has 0 aliphatic heterocycles. The number of rotatable bonds is 7. The molecule has 122 valence electrons. The molecule has 1 saturated carbocycles. The predicted octanol–water partition coefficient (Wildman–Crippen LogP) is 2.69. The summed E-state index contributed by atoms with van der Waals surface area (Å²) in [6.07, 6.45) is 7.76. The molecule has 6 heteroatoms. The standard InChI is InChI=1S/C16H24ClN3O2/c1-3-4-10-20-15(17)13(12(2)19-20)6-7-14(21)18-11-16(22)8-5-9-16/h6-7,22H,3-5,8-11H2,1-2H3,(H,18,21)/b7-6-. The molecule has 2 N–H and O–H groups in total. The van der Waals surface area contributed by atoms with Crippen molar-refractivity contribution in [1.82, 2.24) is 15.1 Å². The van der Waals surface area contributed by atoms with Gasteiger partial charge in [0.25, 0.3) is 0 Å². The molecule has 0 spiro atoms. The Balaban J connectivity index is 1.94. The van der Waals surface area contributed by atoms with Gasteiger partial charge in [0.2, 0.25) is 5.91 Å². The van der Waals surface area contributed by atoms with Gasteiger partial charge in [0.15, 0.2) is 0 Å². The zero-order chi connectivity index (χ0) is 16.2. The Kier molecular flexibility index (Phi) is 5.64. The maximum Gasteiger partial charge on any atom is 0.244 e. The van der Waals surface area contributed by atoms with Crippen molar-refractivity contribution in [3.05, 3.63) is 22.5 Å². The first-order chi connectivity index (χ1) is 10.4. The van der Waals surface area contributed by atoms with Gasteiger partial charge in [-0.25, -0.2) is 0 Å². The average molecular weight is 326 g/mol. The minimum absolute atomic E-state index is 0.225. The normalized spacial score (nSPS) is 16.7. The van der Waals surface area contributed by atoms with Crippen molar-refractivity contribution in [3.8, 4) is 0 Å². The maximum atomic E-state index is 11.8. The Hall–Kier alpha value is -1.33. The molecule has 1 aromatic rings. The highest BCUT2D eigenvalue weighted by Gasteiger charge is 2.34. The topological polar surface area (TPSA) is 67.2 Å². The van der Waals surface area contributed by atoms with Crippen LogP contribution in [0.4, 0.5) is 0 Å². The van der Waals surface area contributed by atoms with Crippen molar-refractivity contribution in [2.45, 2.75) is 58.1 Å². The van der Waals surface area contributed by atoms with E-state index in [4.69, 9.17) is 11.6 Å². The van der Waals surface area contributed by atoms with Crippen LogP contribution < -0.4 is 5.32 Å². The van der Waals surface area contributed by atoms with Gasteiger partial charge in [0.05, 0.1) is 11.3 Å². The van der Waals surface area contributed by atoms with Crippen molar-refractivity contribution in [1.29, 1.82) is 0 Å². The van der Waals surface area contributed by atoms with Gasteiger partial charge in [-0.05, 0) is 38.7 Å². The molecule has 0 radical (unpaired) electrons. The second-order valence-electron chi connectivity index (χ2n) is 6.00. The Morgan fingerprint density at radius 2 is 2.27 bits per heavy atom. The number of halogens is 1. The van der Waals surface area contributed by atoms with Crippen LogP contribution in [0.1, 0.15) is 50.3 Å². The Morgan fingerprint density at radius 1 is 1.55 bits per heavy atom. The molecule has 1 aromatic heterocycles. The summed E-state index contributed by atoms with van der Waals surface area (Å²) in [5.74, 6) is -0.225. The lowest BCUT2D eigenvalue weighted by Gasteiger charge is -2.36. The SMILES string of the molecule is CCCCn1nc(C)c(/C=C\C(=O)NCC2(O)CCC2)c1Cl. The Bertz CT molecular complexity index is 562. The van der Waals surface area contributed by atoms with Crippen molar-refractivity contribution in [2.75, 3.05) is 6.54 Å². The van der Waals surface area contributed by atoms with Gasteiger partial charge in [-0.1, -0.05) is 24.9 Å². The molecule has 1 fully saturated rings. The number of unbranched alkanes of at least 4 members (excludes halogenated alkanes) is 1. The molecule has 2 rings (SSSR count). The van der Waals surface area contributed by atoms with Crippen LogP contribution in [0.25, 0.3) is 6.08 Å². The summed E-state index contributed by atoms with van der Waals surface area (Å²) >= 11 is 6.31. The summed E-state index contributed by atoms with van der Waals surface area (Å²) in [5, 5.41) is 17.6. The van der Waals surface area contributed by atoms with Crippen molar-refractivity contribution >= 4 is 23.6 Å². The number of aryl methyl sites for hydroxylation is 2. The predicted molar refractivity (Wildman–Crippen MR) is 87.7 cm³/mol. The van der Waals surface area contributed by atoms with Crippen LogP contribution in [-0.4, -0.2) is 32.9 Å². The summed E-state index contributed by atoms with van der Waals surface area (Å²) in [7, 11) is 0. The molecule has 22 heavy (non-hydrogen) atoms. The van der Waals surface area contributed by atoms with E-state index >= 15 is 0 Å². The molecule has 0 unspecified atom stereocenters. The summed E-state index contributed by atoms with van der Waals surface area (Å²) in [4.78, 5) is 11.8. The first-order valence-electron chi connectivity index (χ1n) is 7.86. The molecule has 0 aromatic carbocycles. The van der Waals surface area contributed by atoms with Gasteiger partial charge in [-0.2, -0.15) is 5.10 Å². The average Bonchev–Trinajstić information content (AvgIpc) is 2.73. The highest BCUT2D eigenvalue weighted by molar-refractivity contribution is 6.31. The molecule has 5 nitrogen and oxygen atoms in total. The van der Waals surface area contributed by atoms with Crippen LogP contribution in [0.3, 0.4) is 0 Å². The van der Waals surface area contributed by atoms with Crippen molar-refractivity contribution < 1.29 is 9.90 Å². The minimum Gasteiger partial charge on any atom is -0.388 e. The third-order valence-electron chi connectivity index (χ3n) is 4.11. The van der Waals surface area contributed by atoms with Gasteiger partial charge in [-0.15, -0.1) is 0 Å². The van der Waals surface area contributed by atoms with E-state index in [-0.39, 0.29) is 5.91 Å². The van der Waals surface area contributed by atoms with Crippen molar-refractivity contribution in [3.63, 3.8) is 0 Å². The fourth-order valence-corrected chi connectivity index (χ4v) is 2.77. The molecule has 0 saturated heterocycles. The smallest absolute Gasteiger partial charge is 0.244 e. The maximum absolute atomic E-state index is 11.8. The molecule has 0 atom stereocenters. The van der Waals surface area contributed by atoms with Crippen LogP contribution in [0.5, 0.6) is 0 Å². The number of hydrogen-bond acceptors (Lipinski definition) is 3. The van der Waals surface area contributed by atoms with Gasteiger partial charge in [0, 0.05) is 24.7 Å². The molecule has 1 aliphatic rings. The number of aromatic nitrogens is 2. The lowest BCUT2D eigenvalue weighted by Crippen LogP contribution is -2.47. The summed E-state index contributed by atoms with van der Waals surface area (Å²) in [6, 6.07) is 0. The third-order valence-corrected chi connectivity index (χ3v) is 4.51. The van der Waals surface area contributed by atoms with Crippen LogP contribution in [0.15, 0.2) is 6.08 Å². The van der Waals surface area contributed by atoms with Crippen LogP contribution in [0, 0.1) is 6.92 Å². The highest BCUT2D eigenvalue weighted by Crippen LogP contribution is 2.30. The first kappa shape index (κ1) is 17.0. The third kappa shape index (κ3) is 4.11. The Labute approximate surface area is 136 Å². The second kappa shape index (κ2) is 7.29. The number of nitrogens with one attached hydrogen (secondary N) is 1. The largest absolute Gasteiger partial charge is 0.388 e. The Morgan fingerprint density at radius 3 is 2.86 bits per heavy atom. The number of aliphatic hydroxyl groups is 1. The van der Waals surface area contributed by atoms with Gasteiger partial charge < -0.3 is 10.4 Å². The number of amides is 1. The molecule has 1 heterocycles. The van der Waals surface area contributed by atoms with E-state index in [2.05, 4.69) is 17.3 Å². The van der Waals surface area contributed by atoms with Crippen LogP contribution in [0.2, 0.25) is 5.15 Å². The summed E-state index contributed by atoms with van der Waals surface area (Å²) < 4.78 is 1.77. The van der Waals surface area contributed by atoms with E-state index in [1.807, 2.05) is 6.92 Å². The lowest BCUT2D eigenvalue weighted by atomic mass is 9.80. The fraction of sp³-hybridized carbons (Fsp3) is 0.625. The molecule has 0 bridgehead atoms. The fourth-order valence-electron chi connectivity index (χ4n) is 2.44. The van der Waals surface area contributed by atoms with E-state index < -0.39 is 5.60 Å². The van der Waals surface area contributed by atoms with E-state index in [1.165, 1.54) is 6.08 Å². The van der Waals surface area contributed by atoms with Gasteiger partial charge in [0.1, 0.15) is 5.15 Å². The number of carbonyl (C=O) groups is 1. The number of hydrogen-bond donors (Lipinski definition) is 2. The highest BCUT2D eigenvalue weighted by atomic mass is 35.5.